The summed E-state index contributed by atoms with van der Waals surface area (Å²) in [4.78, 5) is 46.7. The summed E-state index contributed by atoms with van der Waals surface area (Å²) in [6, 6.07) is 8.41. The van der Waals surface area contributed by atoms with Gasteiger partial charge in [0.25, 0.3) is 5.56 Å². The normalized spacial score (nSPS) is 18.5. The number of piperidine rings is 1. The third kappa shape index (κ3) is 5.42. The number of para-hydroxylation sites is 1. The Kier molecular flexibility index (Phi) is 7.33. The van der Waals surface area contributed by atoms with Crippen LogP contribution in [0.3, 0.4) is 0 Å². The third-order valence-electron chi connectivity index (χ3n) is 8.60. The first kappa shape index (κ1) is 28.4. The van der Waals surface area contributed by atoms with Crippen LogP contribution in [-0.4, -0.2) is 56.4 Å². The van der Waals surface area contributed by atoms with Crippen LogP contribution in [0.4, 0.5) is 4.39 Å². The number of H-pyrrole nitrogens is 2. The molecule has 2 N–H and O–H groups in total. The van der Waals surface area contributed by atoms with Crippen molar-refractivity contribution in [1.29, 1.82) is 0 Å². The van der Waals surface area contributed by atoms with Gasteiger partial charge in [0.2, 0.25) is 11.8 Å². The van der Waals surface area contributed by atoms with E-state index in [9.17, 15) is 18.8 Å². The molecule has 8 nitrogen and oxygen atoms in total. The van der Waals surface area contributed by atoms with Gasteiger partial charge in [-0.3, -0.25) is 19.5 Å². The molecule has 4 heterocycles. The van der Waals surface area contributed by atoms with Crippen molar-refractivity contribution in [2.24, 2.45) is 11.3 Å². The van der Waals surface area contributed by atoms with Crippen molar-refractivity contribution < 1.29 is 14.0 Å². The van der Waals surface area contributed by atoms with E-state index < -0.39 is 11.7 Å². The van der Waals surface area contributed by atoms with E-state index >= 15 is 0 Å². The van der Waals surface area contributed by atoms with Crippen molar-refractivity contribution in [2.45, 2.75) is 58.9 Å². The largest absolute Gasteiger partial charge is 0.343 e. The van der Waals surface area contributed by atoms with Crippen molar-refractivity contribution in [3.05, 3.63) is 74.4 Å². The molecule has 2 amide bonds. The molecule has 0 unspecified atom stereocenters. The van der Waals surface area contributed by atoms with Gasteiger partial charge in [-0.15, -0.1) is 0 Å². The monoisotopic (exact) mass is 591 g/mol. The number of amides is 2. The lowest BCUT2D eigenvalue weighted by Crippen LogP contribution is -2.43. The summed E-state index contributed by atoms with van der Waals surface area (Å²) in [6.07, 6.45) is 3.55. The fourth-order valence-electron chi connectivity index (χ4n) is 6.59. The molecule has 1 fully saturated rings. The van der Waals surface area contributed by atoms with Crippen LogP contribution in [0.2, 0.25) is 5.02 Å². The number of rotatable bonds is 4. The van der Waals surface area contributed by atoms with Crippen molar-refractivity contribution in [3.63, 3.8) is 0 Å². The second-order valence-corrected chi connectivity index (χ2v) is 13.3. The second kappa shape index (κ2) is 10.8. The van der Waals surface area contributed by atoms with Crippen LogP contribution in [0.25, 0.3) is 21.8 Å². The molecule has 1 saturated heterocycles. The molecule has 1 atom stereocenters. The Labute approximate surface area is 248 Å². The zero-order chi connectivity index (χ0) is 29.8. The summed E-state index contributed by atoms with van der Waals surface area (Å²) >= 11 is 6.57. The van der Waals surface area contributed by atoms with E-state index in [0.717, 1.165) is 22.0 Å². The Morgan fingerprint density at radius 2 is 1.90 bits per heavy atom. The number of benzene rings is 2. The minimum absolute atomic E-state index is 0.0212. The van der Waals surface area contributed by atoms with Crippen LogP contribution in [0, 0.1) is 17.2 Å². The highest BCUT2D eigenvalue weighted by molar-refractivity contribution is 6.35. The Morgan fingerprint density at radius 1 is 1.14 bits per heavy atom. The van der Waals surface area contributed by atoms with E-state index in [2.05, 4.69) is 36.0 Å². The molecular weight excluding hydrogens is 557 g/mol. The van der Waals surface area contributed by atoms with Gasteiger partial charge in [-0.1, -0.05) is 44.5 Å². The highest BCUT2D eigenvalue weighted by Crippen LogP contribution is 2.36. The summed E-state index contributed by atoms with van der Waals surface area (Å²) in [6.45, 7) is 8.30. The van der Waals surface area contributed by atoms with E-state index in [4.69, 9.17) is 11.6 Å². The summed E-state index contributed by atoms with van der Waals surface area (Å²) in [7, 11) is 0. The smallest absolute Gasteiger partial charge is 0.251 e. The molecule has 2 aliphatic rings. The molecule has 0 radical (unpaired) electrons. The lowest BCUT2D eigenvalue weighted by molar-refractivity contribution is -0.142. The van der Waals surface area contributed by atoms with E-state index in [-0.39, 0.29) is 40.6 Å². The molecule has 0 saturated carbocycles. The van der Waals surface area contributed by atoms with Gasteiger partial charge in [-0.25, -0.2) is 4.39 Å². The molecule has 0 spiro atoms. The van der Waals surface area contributed by atoms with Crippen LogP contribution in [0.5, 0.6) is 0 Å². The van der Waals surface area contributed by atoms with Gasteiger partial charge < -0.3 is 14.8 Å². The van der Waals surface area contributed by atoms with Gasteiger partial charge in [0.05, 0.1) is 28.2 Å². The van der Waals surface area contributed by atoms with E-state index in [0.29, 0.717) is 61.4 Å². The topological polar surface area (TPSA) is 102 Å². The standard InChI is InChI=1S/C32H35ClFN5O3/c1-32(2,3)17-39-16-24-20(13-25(33)29-23(24)15-35-37-29)11-21(31(39)42)14-27(40)38-9-7-18(8-10-38)22-12-19-5-4-6-26(34)28(19)36-30(22)41/h4-6,12-13,15,18,21H,7-11,14,16-17H2,1-3H3,(H,35,37)(H,36,41)/t21-/m0/s1. The Bertz CT molecular complexity index is 1750. The predicted octanol–water partition coefficient (Wildman–Crippen LogP) is 5.54. The SMILES string of the molecule is CC(C)(C)CN1Cc2c(cc(Cl)c3[nH]ncc23)C[C@@H](CC(=O)N2CCC(c3cc4cccc(F)c4[nH]c3=O)CC2)C1=O. The zero-order valence-electron chi connectivity index (χ0n) is 24.1. The number of carbonyl (C=O) groups excluding carboxylic acids is 2. The number of pyridine rings is 1. The van der Waals surface area contributed by atoms with Gasteiger partial charge >= 0.3 is 0 Å². The number of hydrogen-bond donors (Lipinski definition) is 2. The summed E-state index contributed by atoms with van der Waals surface area (Å²) in [5.41, 5.74) is 3.18. The van der Waals surface area contributed by atoms with Gasteiger partial charge in [-0.05, 0) is 59.9 Å². The third-order valence-corrected chi connectivity index (χ3v) is 8.90. The first-order chi connectivity index (χ1) is 20.0. The molecule has 2 aromatic heterocycles. The highest BCUT2D eigenvalue weighted by Gasteiger charge is 2.36. The zero-order valence-corrected chi connectivity index (χ0v) is 24.9. The van der Waals surface area contributed by atoms with Crippen molar-refractivity contribution in [2.75, 3.05) is 19.6 Å². The first-order valence-corrected chi connectivity index (χ1v) is 14.9. The quantitative estimate of drug-likeness (QED) is 0.325. The van der Waals surface area contributed by atoms with E-state index in [1.54, 1.807) is 24.4 Å². The summed E-state index contributed by atoms with van der Waals surface area (Å²) in [5, 5.41) is 9.27. The average molecular weight is 592 g/mol. The summed E-state index contributed by atoms with van der Waals surface area (Å²) in [5.74, 6) is -1.07. The van der Waals surface area contributed by atoms with E-state index in [1.165, 1.54) is 6.07 Å². The maximum atomic E-state index is 14.1. The molecular formula is C32H35ClFN5O3. The molecule has 220 valence electrons. The number of aromatic nitrogens is 3. The number of hydrogen-bond acceptors (Lipinski definition) is 4. The second-order valence-electron chi connectivity index (χ2n) is 12.9. The predicted molar refractivity (Wildman–Crippen MR) is 161 cm³/mol. The van der Waals surface area contributed by atoms with Gasteiger partial charge in [0.1, 0.15) is 5.82 Å². The van der Waals surface area contributed by atoms with Crippen LogP contribution in [0.1, 0.15) is 62.6 Å². The summed E-state index contributed by atoms with van der Waals surface area (Å²) < 4.78 is 14.1. The van der Waals surface area contributed by atoms with Crippen LogP contribution < -0.4 is 5.56 Å². The minimum Gasteiger partial charge on any atom is -0.343 e. The Balaban J connectivity index is 1.20. The highest BCUT2D eigenvalue weighted by atomic mass is 35.5. The molecule has 42 heavy (non-hydrogen) atoms. The van der Waals surface area contributed by atoms with Crippen molar-refractivity contribution >= 4 is 45.2 Å². The van der Waals surface area contributed by atoms with Crippen LogP contribution >= 0.6 is 11.6 Å². The van der Waals surface area contributed by atoms with Crippen molar-refractivity contribution in [3.8, 4) is 0 Å². The maximum Gasteiger partial charge on any atom is 0.251 e. The molecule has 6 rings (SSSR count). The van der Waals surface area contributed by atoms with Gasteiger partial charge in [-0.2, -0.15) is 5.10 Å². The Hall–Kier alpha value is -3.72. The number of aromatic amines is 2. The van der Waals surface area contributed by atoms with Crippen molar-refractivity contribution in [1.82, 2.24) is 25.0 Å². The molecule has 4 aromatic rings. The number of halogens is 2. The van der Waals surface area contributed by atoms with Crippen LogP contribution in [-0.2, 0) is 22.6 Å². The van der Waals surface area contributed by atoms with Crippen LogP contribution in [0.15, 0.2) is 41.3 Å². The average Bonchev–Trinajstić information content (AvgIpc) is 3.40. The number of nitrogens with zero attached hydrogens (tertiary/aromatic N) is 3. The van der Waals surface area contributed by atoms with E-state index in [1.807, 2.05) is 15.9 Å². The fourth-order valence-corrected chi connectivity index (χ4v) is 6.87. The lowest BCUT2D eigenvalue weighted by atomic mass is 9.88. The minimum atomic E-state index is -0.502. The fraction of sp³-hybridized carbons (Fsp3) is 0.438. The Morgan fingerprint density at radius 3 is 2.64 bits per heavy atom. The van der Waals surface area contributed by atoms with Gasteiger partial charge in [0.15, 0.2) is 0 Å². The molecule has 2 aliphatic heterocycles. The number of carbonyl (C=O) groups is 2. The first-order valence-electron chi connectivity index (χ1n) is 14.5. The lowest BCUT2D eigenvalue weighted by Gasteiger charge is -2.34. The maximum absolute atomic E-state index is 14.1. The molecule has 2 aromatic carbocycles. The molecule has 0 bridgehead atoms. The number of likely N-dealkylation sites (tertiary alicyclic amines) is 1. The number of nitrogens with one attached hydrogen (secondary N) is 2. The molecule has 10 heteroatoms. The number of fused-ring (bicyclic) bond motifs is 4. The molecule has 0 aliphatic carbocycles. The van der Waals surface area contributed by atoms with Gasteiger partial charge in [0, 0.05) is 48.9 Å².